The van der Waals surface area contributed by atoms with Gasteiger partial charge in [-0.3, -0.25) is 14.4 Å². The van der Waals surface area contributed by atoms with E-state index in [2.05, 4.69) is 69.4 Å². The fourth-order valence-electron chi connectivity index (χ4n) is 7.80. The highest BCUT2D eigenvalue weighted by Crippen LogP contribution is 2.15. The normalized spacial score (nSPS) is 12.4. The average molecular weight is 897 g/mol. The number of carbonyl (C=O) groups excluding carboxylic acids is 3. The third-order valence-electron chi connectivity index (χ3n) is 12.0. The van der Waals surface area contributed by atoms with E-state index in [1.165, 1.54) is 154 Å². The molecule has 0 N–H and O–H groups in total. The largest absolute Gasteiger partial charge is 0.462 e. The maximum atomic E-state index is 12.8. The van der Waals surface area contributed by atoms with Crippen molar-refractivity contribution in [2.45, 2.75) is 290 Å². The highest BCUT2D eigenvalue weighted by molar-refractivity contribution is 5.71. The third-order valence-corrected chi connectivity index (χ3v) is 12.0. The Bertz CT molecular complexity index is 1120. The van der Waals surface area contributed by atoms with Crippen molar-refractivity contribution in [1.29, 1.82) is 0 Å². The van der Waals surface area contributed by atoms with E-state index >= 15 is 0 Å². The quantitative estimate of drug-likeness (QED) is 0.0262. The van der Waals surface area contributed by atoms with Crippen molar-refractivity contribution in [2.24, 2.45) is 0 Å². The Hall–Kier alpha value is -2.63. The van der Waals surface area contributed by atoms with Gasteiger partial charge in [0.1, 0.15) is 13.2 Å². The van der Waals surface area contributed by atoms with Crippen LogP contribution in [0.15, 0.2) is 48.6 Å². The van der Waals surface area contributed by atoms with Crippen LogP contribution in [0.5, 0.6) is 0 Å². The summed E-state index contributed by atoms with van der Waals surface area (Å²) in [7, 11) is 0. The van der Waals surface area contributed by atoms with E-state index in [0.717, 1.165) is 89.9 Å². The first-order valence-corrected chi connectivity index (χ1v) is 27.6. The second kappa shape index (κ2) is 53.0. The van der Waals surface area contributed by atoms with Gasteiger partial charge in [-0.1, -0.05) is 217 Å². The minimum atomic E-state index is -0.783. The summed E-state index contributed by atoms with van der Waals surface area (Å²) in [4.78, 5) is 38.0. The van der Waals surface area contributed by atoms with E-state index in [1.807, 2.05) is 0 Å². The van der Waals surface area contributed by atoms with Gasteiger partial charge in [0.2, 0.25) is 0 Å². The van der Waals surface area contributed by atoms with E-state index in [1.54, 1.807) is 0 Å². The molecular weight excluding hydrogens is 793 g/mol. The molecule has 0 saturated heterocycles. The minimum absolute atomic E-state index is 0.0813. The summed E-state index contributed by atoms with van der Waals surface area (Å²) >= 11 is 0. The molecule has 0 fully saturated rings. The second-order valence-electron chi connectivity index (χ2n) is 18.5. The van der Waals surface area contributed by atoms with Gasteiger partial charge < -0.3 is 14.2 Å². The minimum Gasteiger partial charge on any atom is -0.462 e. The standard InChI is InChI=1S/C58H104O6/c1-4-7-10-13-16-19-22-25-27-28-29-30-31-34-36-39-42-45-48-51-57(60)63-54-55(53-62-56(59)50-47-44-41-38-35-32-24-21-18-15-12-9-6-3)64-58(61)52-49-46-43-40-37-33-26-23-20-17-14-11-8-5-2/h14,17,21,23-27,55H,4-13,15-16,18-20,22,28-54H2,1-3H3/b17-14-,24-21-,26-23-,27-25-/t55-/m1/s1. The molecule has 0 aromatic carbocycles. The van der Waals surface area contributed by atoms with Crippen LogP contribution in [0.3, 0.4) is 0 Å². The van der Waals surface area contributed by atoms with Crippen LogP contribution >= 0.6 is 0 Å². The number of rotatable bonds is 50. The molecule has 0 aromatic rings. The molecule has 0 aliphatic heterocycles. The monoisotopic (exact) mass is 897 g/mol. The van der Waals surface area contributed by atoms with Crippen LogP contribution < -0.4 is 0 Å². The van der Waals surface area contributed by atoms with Crippen LogP contribution in [-0.4, -0.2) is 37.2 Å². The predicted octanol–water partition coefficient (Wildman–Crippen LogP) is 18.3. The third kappa shape index (κ3) is 50.4. The first kappa shape index (κ1) is 61.4. The van der Waals surface area contributed by atoms with Crippen molar-refractivity contribution >= 4 is 17.9 Å². The molecule has 0 rings (SSSR count). The molecule has 6 heteroatoms. The number of unbranched alkanes of at least 4 members (excludes halogenated alkanes) is 31. The highest BCUT2D eigenvalue weighted by Gasteiger charge is 2.19. The zero-order valence-electron chi connectivity index (χ0n) is 42.6. The van der Waals surface area contributed by atoms with Crippen molar-refractivity contribution in [3.8, 4) is 0 Å². The van der Waals surface area contributed by atoms with Gasteiger partial charge in [-0.2, -0.15) is 0 Å². The topological polar surface area (TPSA) is 78.9 Å². The van der Waals surface area contributed by atoms with Gasteiger partial charge in [0.05, 0.1) is 0 Å². The highest BCUT2D eigenvalue weighted by atomic mass is 16.6. The molecule has 1 atom stereocenters. The van der Waals surface area contributed by atoms with E-state index in [-0.39, 0.29) is 31.1 Å². The molecule has 0 spiro atoms. The van der Waals surface area contributed by atoms with E-state index < -0.39 is 6.10 Å². The van der Waals surface area contributed by atoms with Gasteiger partial charge >= 0.3 is 17.9 Å². The van der Waals surface area contributed by atoms with Gasteiger partial charge in [-0.15, -0.1) is 0 Å². The zero-order valence-corrected chi connectivity index (χ0v) is 42.6. The first-order chi connectivity index (χ1) is 31.5. The molecule has 0 aliphatic rings. The van der Waals surface area contributed by atoms with Gasteiger partial charge in [0, 0.05) is 19.3 Å². The van der Waals surface area contributed by atoms with Gasteiger partial charge in [0.15, 0.2) is 6.10 Å². The van der Waals surface area contributed by atoms with Crippen LogP contribution in [0, 0.1) is 0 Å². The molecule has 0 aromatic heterocycles. The number of allylic oxidation sites excluding steroid dienone is 8. The summed E-state index contributed by atoms with van der Waals surface area (Å²) in [6.45, 7) is 6.58. The Morgan fingerprint density at radius 3 is 0.938 bits per heavy atom. The number of hydrogen-bond donors (Lipinski definition) is 0. The van der Waals surface area contributed by atoms with Crippen LogP contribution in [0.2, 0.25) is 0 Å². The van der Waals surface area contributed by atoms with Crippen molar-refractivity contribution in [1.82, 2.24) is 0 Å². The molecule has 0 heterocycles. The smallest absolute Gasteiger partial charge is 0.306 e. The number of ether oxygens (including phenoxy) is 3. The molecule has 372 valence electrons. The van der Waals surface area contributed by atoms with E-state index in [0.29, 0.717) is 19.3 Å². The Labute approximate surface area is 397 Å². The predicted molar refractivity (Wildman–Crippen MR) is 275 cm³/mol. The van der Waals surface area contributed by atoms with Crippen molar-refractivity contribution < 1.29 is 28.6 Å². The van der Waals surface area contributed by atoms with Crippen molar-refractivity contribution in [2.75, 3.05) is 13.2 Å². The lowest BCUT2D eigenvalue weighted by molar-refractivity contribution is -0.167. The fourth-order valence-corrected chi connectivity index (χ4v) is 7.80. The van der Waals surface area contributed by atoms with Crippen LogP contribution in [0.25, 0.3) is 0 Å². The van der Waals surface area contributed by atoms with Gasteiger partial charge in [-0.25, -0.2) is 0 Å². The van der Waals surface area contributed by atoms with Crippen LogP contribution in [0.1, 0.15) is 284 Å². The lowest BCUT2D eigenvalue weighted by Crippen LogP contribution is -2.30. The summed E-state index contributed by atoms with van der Waals surface area (Å²) in [5.41, 5.74) is 0. The summed E-state index contributed by atoms with van der Waals surface area (Å²) in [5, 5.41) is 0. The Morgan fingerprint density at radius 1 is 0.312 bits per heavy atom. The summed E-state index contributed by atoms with van der Waals surface area (Å²) in [6, 6.07) is 0. The first-order valence-electron chi connectivity index (χ1n) is 27.6. The summed E-state index contributed by atoms with van der Waals surface area (Å²) in [6.07, 6.45) is 63.8. The molecule has 0 radical (unpaired) electrons. The Kier molecular flexibility index (Phi) is 50.8. The Morgan fingerprint density at radius 2 is 0.578 bits per heavy atom. The molecule has 0 saturated carbocycles. The maximum absolute atomic E-state index is 12.8. The second-order valence-corrected chi connectivity index (χ2v) is 18.5. The SMILES string of the molecule is CCCC/C=C\C/C=C\CCCCCCCC(=O)O[C@H](COC(=O)CCCCCCC/C=C\CCCCCC)COC(=O)CCCCCCCCCCC/C=C\CCCCCCCC. The molecule has 64 heavy (non-hydrogen) atoms. The molecule has 0 amide bonds. The molecule has 0 unspecified atom stereocenters. The van der Waals surface area contributed by atoms with Crippen molar-refractivity contribution in [3.05, 3.63) is 48.6 Å². The van der Waals surface area contributed by atoms with E-state index in [9.17, 15) is 14.4 Å². The maximum Gasteiger partial charge on any atom is 0.306 e. The molecule has 0 bridgehead atoms. The van der Waals surface area contributed by atoms with Crippen molar-refractivity contribution in [3.63, 3.8) is 0 Å². The molecule has 6 nitrogen and oxygen atoms in total. The van der Waals surface area contributed by atoms with Crippen LogP contribution in [-0.2, 0) is 28.6 Å². The Balaban J connectivity index is 4.35. The number of esters is 3. The lowest BCUT2D eigenvalue weighted by atomic mass is 10.1. The van der Waals surface area contributed by atoms with E-state index in [4.69, 9.17) is 14.2 Å². The average Bonchev–Trinajstić information content (AvgIpc) is 3.29. The summed E-state index contributed by atoms with van der Waals surface area (Å²) in [5.74, 6) is -0.897. The lowest BCUT2D eigenvalue weighted by Gasteiger charge is -2.18. The summed E-state index contributed by atoms with van der Waals surface area (Å²) < 4.78 is 16.8. The number of hydrogen-bond acceptors (Lipinski definition) is 6. The zero-order chi connectivity index (χ0) is 46.5. The fraction of sp³-hybridized carbons (Fsp3) is 0.810. The number of carbonyl (C=O) groups is 3. The van der Waals surface area contributed by atoms with Gasteiger partial charge in [-0.05, 0) is 96.3 Å². The molecular formula is C58H104O6. The molecule has 0 aliphatic carbocycles. The van der Waals surface area contributed by atoms with Gasteiger partial charge in [0.25, 0.3) is 0 Å². The van der Waals surface area contributed by atoms with Crippen LogP contribution in [0.4, 0.5) is 0 Å².